The summed E-state index contributed by atoms with van der Waals surface area (Å²) in [6.07, 6.45) is 1.88. The van der Waals surface area contributed by atoms with Crippen LogP contribution in [0.2, 0.25) is 0 Å². The molecule has 0 aliphatic carbocycles. The van der Waals surface area contributed by atoms with Gasteiger partial charge in [0.2, 0.25) is 0 Å². The molecule has 0 saturated carbocycles. The largest absolute Gasteiger partial charge is 0.493 e. The molecule has 178 valence electrons. The molecule has 1 aliphatic heterocycles. The van der Waals surface area contributed by atoms with Crippen molar-refractivity contribution in [2.75, 3.05) is 53.0 Å². The van der Waals surface area contributed by atoms with Crippen LogP contribution in [-0.4, -0.2) is 62.8 Å². The van der Waals surface area contributed by atoms with E-state index in [4.69, 9.17) is 9.47 Å². The Labute approximate surface area is 197 Å². The molecule has 0 aromatic heterocycles. The average molecular weight is 454 g/mol. The number of halogens is 1. The second-order valence-electron chi connectivity index (χ2n) is 9.03. The molecule has 33 heavy (non-hydrogen) atoms. The number of ether oxygens (including phenoxy) is 2. The topological polar surface area (TPSA) is 48.7 Å². The van der Waals surface area contributed by atoms with Crippen LogP contribution < -0.4 is 9.47 Å². The third-order valence-corrected chi connectivity index (χ3v) is 6.78. The molecule has 0 spiro atoms. The smallest absolute Gasteiger partial charge is 0.163 e. The van der Waals surface area contributed by atoms with Crippen molar-refractivity contribution in [3.05, 3.63) is 59.9 Å². The molecule has 1 saturated heterocycles. The Bertz CT molecular complexity index is 907. The molecule has 1 unspecified atom stereocenters. The number of benzene rings is 2. The summed E-state index contributed by atoms with van der Waals surface area (Å²) < 4.78 is 24.3. The predicted octanol–water partition coefficient (Wildman–Crippen LogP) is 4.73. The van der Waals surface area contributed by atoms with E-state index in [-0.39, 0.29) is 11.7 Å². The maximum absolute atomic E-state index is 13.3. The second-order valence-corrected chi connectivity index (χ2v) is 9.03. The summed E-state index contributed by atoms with van der Waals surface area (Å²) >= 11 is 0. The minimum atomic E-state index is -0.429. The van der Waals surface area contributed by atoms with E-state index >= 15 is 0 Å². The monoisotopic (exact) mass is 453 g/mol. The van der Waals surface area contributed by atoms with Crippen molar-refractivity contribution in [2.24, 2.45) is 5.92 Å². The van der Waals surface area contributed by atoms with E-state index in [1.165, 1.54) is 19.2 Å². The van der Waals surface area contributed by atoms with Gasteiger partial charge in [0.1, 0.15) is 12.4 Å². The van der Waals surface area contributed by atoms with Gasteiger partial charge in [-0.3, -0.25) is 4.90 Å². The highest BCUT2D eigenvalue weighted by Gasteiger charge is 2.35. The minimum Gasteiger partial charge on any atom is -0.493 e. The fraction of sp³-hybridized carbons (Fsp3) is 0.519. The third kappa shape index (κ3) is 6.46. The third-order valence-electron chi connectivity index (χ3n) is 6.78. The number of hydrogen-bond donors (Lipinski definition) is 0. The number of hydrogen-bond acceptors (Lipinski definition) is 5. The number of nitriles is 1. The van der Waals surface area contributed by atoms with E-state index in [9.17, 15) is 9.65 Å². The molecule has 1 aliphatic rings. The Morgan fingerprint density at radius 3 is 2.27 bits per heavy atom. The maximum atomic E-state index is 13.3. The van der Waals surface area contributed by atoms with Crippen LogP contribution in [0.15, 0.2) is 48.5 Å². The van der Waals surface area contributed by atoms with E-state index in [2.05, 4.69) is 41.8 Å². The molecular formula is C27H36FN3O2. The van der Waals surface area contributed by atoms with E-state index in [0.29, 0.717) is 18.1 Å². The molecule has 3 rings (SSSR count). The molecule has 5 nitrogen and oxygen atoms in total. The zero-order valence-corrected chi connectivity index (χ0v) is 20.1. The highest BCUT2D eigenvalue weighted by molar-refractivity contribution is 5.40. The molecule has 1 fully saturated rings. The molecule has 2 aromatic carbocycles. The summed E-state index contributed by atoms with van der Waals surface area (Å²) in [6, 6.07) is 17.2. The lowest BCUT2D eigenvalue weighted by molar-refractivity contribution is 0.113. The van der Waals surface area contributed by atoms with Crippen LogP contribution >= 0.6 is 0 Å². The van der Waals surface area contributed by atoms with Crippen LogP contribution in [0.3, 0.4) is 0 Å². The zero-order chi connectivity index (χ0) is 23.7. The van der Waals surface area contributed by atoms with Gasteiger partial charge in [0.15, 0.2) is 11.5 Å². The number of piperazine rings is 1. The Kier molecular flexibility index (Phi) is 9.11. The van der Waals surface area contributed by atoms with E-state index in [1.807, 2.05) is 18.2 Å². The molecule has 0 N–H and O–H groups in total. The van der Waals surface area contributed by atoms with E-state index < -0.39 is 5.41 Å². The van der Waals surface area contributed by atoms with Crippen LogP contribution in [0.25, 0.3) is 0 Å². The predicted molar refractivity (Wildman–Crippen MR) is 129 cm³/mol. The zero-order valence-electron chi connectivity index (χ0n) is 20.1. The van der Waals surface area contributed by atoms with Crippen molar-refractivity contribution in [1.82, 2.24) is 9.80 Å². The SMILES string of the molecule is COc1cc(F)ccc1OCCN1CCN(CCCC(C#N)(c2ccccc2)C(C)C)CC1. The average Bonchev–Trinajstić information content (AvgIpc) is 2.84. The first-order valence-electron chi connectivity index (χ1n) is 11.9. The highest BCUT2D eigenvalue weighted by atomic mass is 19.1. The van der Waals surface area contributed by atoms with Gasteiger partial charge in [-0.1, -0.05) is 44.2 Å². The van der Waals surface area contributed by atoms with Gasteiger partial charge in [-0.2, -0.15) is 5.26 Å². The van der Waals surface area contributed by atoms with Crippen LogP contribution in [0.4, 0.5) is 4.39 Å². The summed E-state index contributed by atoms with van der Waals surface area (Å²) in [5.74, 6) is 0.924. The molecule has 1 heterocycles. The lowest BCUT2D eigenvalue weighted by Gasteiger charge is -2.36. The first-order valence-corrected chi connectivity index (χ1v) is 11.9. The number of rotatable bonds is 11. The lowest BCUT2D eigenvalue weighted by atomic mass is 9.70. The molecule has 1 atom stereocenters. The maximum Gasteiger partial charge on any atom is 0.163 e. The lowest BCUT2D eigenvalue weighted by Crippen LogP contribution is -2.47. The van der Waals surface area contributed by atoms with E-state index in [1.54, 1.807) is 6.07 Å². The molecule has 6 heteroatoms. The second kappa shape index (κ2) is 12.0. The highest BCUT2D eigenvalue weighted by Crippen LogP contribution is 2.36. The van der Waals surface area contributed by atoms with Crippen molar-refractivity contribution in [1.29, 1.82) is 5.26 Å². The van der Waals surface area contributed by atoms with Gasteiger partial charge in [0, 0.05) is 38.8 Å². The van der Waals surface area contributed by atoms with Crippen molar-refractivity contribution in [2.45, 2.75) is 32.1 Å². The molecule has 0 bridgehead atoms. The Balaban J connectivity index is 1.41. The quantitative estimate of drug-likeness (QED) is 0.492. The molecule has 0 amide bonds. The van der Waals surface area contributed by atoms with Gasteiger partial charge in [-0.15, -0.1) is 0 Å². The van der Waals surface area contributed by atoms with Gasteiger partial charge >= 0.3 is 0 Å². The normalized spacial score (nSPS) is 16.8. The summed E-state index contributed by atoms with van der Waals surface area (Å²) in [5, 5.41) is 10.1. The van der Waals surface area contributed by atoms with E-state index in [0.717, 1.165) is 57.7 Å². The summed E-state index contributed by atoms with van der Waals surface area (Å²) in [5.41, 5.74) is 0.701. The fourth-order valence-electron chi connectivity index (χ4n) is 4.61. The summed E-state index contributed by atoms with van der Waals surface area (Å²) in [6.45, 7) is 10.7. The van der Waals surface area contributed by atoms with Crippen LogP contribution in [0.5, 0.6) is 11.5 Å². The number of nitrogens with zero attached hydrogens (tertiary/aromatic N) is 3. The van der Waals surface area contributed by atoms with Gasteiger partial charge in [-0.25, -0.2) is 4.39 Å². The van der Waals surface area contributed by atoms with Crippen LogP contribution in [0, 0.1) is 23.1 Å². The van der Waals surface area contributed by atoms with Crippen LogP contribution in [0.1, 0.15) is 32.3 Å². The molecular weight excluding hydrogens is 417 g/mol. The van der Waals surface area contributed by atoms with Crippen molar-refractivity contribution in [3.8, 4) is 17.6 Å². The molecule has 0 radical (unpaired) electrons. The van der Waals surface area contributed by atoms with Gasteiger partial charge in [0.05, 0.1) is 18.6 Å². The fourth-order valence-corrected chi connectivity index (χ4v) is 4.61. The Morgan fingerprint density at radius 1 is 1.00 bits per heavy atom. The Morgan fingerprint density at radius 2 is 1.67 bits per heavy atom. The van der Waals surface area contributed by atoms with Gasteiger partial charge in [-0.05, 0) is 43.0 Å². The van der Waals surface area contributed by atoms with Gasteiger partial charge < -0.3 is 14.4 Å². The van der Waals surface area contributed by atoms with Crippen LogP contribution in [-0.2, 0) is 5.41 Å². The Hall–Kier alpha value is -2.62. The minimum absolute atomic E-state index is 0.265. The standard InChI is InChI=1S/C27H36FN3O2/c1-22(2)27(21-29,23-8-5-4-6-9-23)12-7-13-30-14-16-31(17-15-30)18-19-33-25-11-10-24(28)20-26(25)32-3/h4-6,8-11,20,22H,7,12-19H2,1-3H3. The van der Waals surface area contributed by atoms with Crippen molar-refractivity contribution in [3.63, 3.8) is 0 Å². The number of methoxy groups -OCH3 is 1. The molecule has 2 aromatic rings. The van der Waals surface area contributed by atoms with Gasteiger partial charge in [0.25, 0.3) is 0 Å². The summed E-state index contributed by atoms with van der Waals surface area (Å²) in [7, 11) is 1.52. The van der Waals surface area contributed by atoms with Crippen molar-refractivity contribution < 1.29 is 13.9 Å². The first-order chi connectivity index (χ1) is 16.0. The van der Waals surface area contributed by atoms with Crippen molar-refractivity contribution >= 4 is 0 Å². The first kappa shape index (κ1) is 25.0. The summed E-state index contributed by atoms with van der Waals surface area (Å²) in [4.78, 5) is 4.89.